The molecule has 4 aliphatic carbocycles. The lowest BCUT2D eigenvalue weighted by Crippen LogP contribution is -2.66. The number of aliphatic hydroxyl groups is 3. The second-order valence-electron chi connectivity index (χ2n) is 10.2. The van der Waals surface area contributed by atoms with Gasteiger partial charge in [0.1, 0.15) is 17.8 Å². The summed E-state index contributed by atoms with van der Waals surface area (Å²) in [7, 11) is 0. The van der Waals surface area contributed by atoms with Gasteiger partial charge in [-0.1, -0.05) is 32.9 Å². The molecule has 0 aliphatic heterocycles. The summed E-state index contributed by atoms with van der Waals surface area (Å²) < 4.78 is 0. The smallest absolute Gasteiger partial charge is 0.235 e. The van der Waals surface area contributed by atoms with Gasteiger partial charge >= 0.3 is 0 Å². The van der Waals surface area contributed by atoms with Gasteiger partial charge in [0, 0.05) is 17.9 Å². The number of hydrogen-bond donors (Lipinski definition) is 4. The molecule has 0 saturated heterocycles. The van der Waals surface area contributed by atoms with Crippen molar-refractivity contribution in [3.63, 3.8) is 0 Å². The van der Waals surface area contributed by atoms with Crippen molar-refractivity contribution in [3.05, 3.63) is 45.8 Å². The summed E-state index contributed by atoms with van der Waals surface area (Å²) in [5.74, 6) is -7.73. The highest BCUT2D eigenvalue weighted by atomic mass is 16.4. The van der Waals surface area contributed by atoms with Crippen LogP contribution in [0.25, 0.3) is 0 Å². The van der Waals surface area contributed by atoms with E-state index in [9.17, 15) is 34.5 Å². The van der Waals surface area contributed by atoms with Crippen molar-refractivity contribution < 1.29 is 34.5 Å². The highest BCUT2D eigenvalue weighted by Crippen LogP contribution is 2.52. The molecule has 5 atom stereocenters. The second kappa shape index (κ2) is 6.83. The zero-order chi connectivity index (χ0) is 23.9. The maximum Gasteiger partial charge on any atom is 0.235 e. The topological polar surface area (TPSA) is 155 Å². The summed E-state index contributed by atoms with van der Waals surface area (Å²) in [6, 6.07) is 0. The fraction of sp³-hybridized carbons (Fsp3) is 0.500. The molecule has 0 aromatic carbocycles. The van der Waals surface area contributed by atoms with Gasteiger partial charge in [0.25, 0.3) is 0 Å². The summed E-state index contributed by atoms with van der Waals surface area (Å²) in [6.45, 7) is 7.44. The number of amides is 1. The first kappa shape index (κ1) is 22.4. The van der Waals surface area contributed by atoms with Gasteiger partial charge in [-0.25, -0.2) is 0 Å². The van der Waals surface area contributed by atoms with E-state index in [1.165, 1.54) is 0 Å². The minimum absolute atomic E-state index is 0.00406. The third-order valence-electron chi connectivity index (χ3n) is 7.31. The number of carbonyl (C=O) groups is 4. The first-order valence-corrected chi connectivity index (χ1v) is 10.6. The van der Waals surface area contributed by atoms with E-state index in [4.69, 9.17) is 5.73 Å². The number of allylic oxidation sites excluding steroid dienone is 6. The monoisotopic (exact) mass is 441 g/mol. The van der Waals surface area contributed by atoms with Gasteiger partial charge in [-0.15, -0.1) is 0 Å². The summed E-state index contributed by atoms with van der Waals surface area (Å²) >= 11 is 0. The highest BCUT2D eigenvalue weighted by molar-refractivity contribution is 6.23. The number of fused-ring (bicyclic) bond motifs is 2. The number of Topliss-reactive ketones (excluding diaryl/α,β-unsaturated/α-hetero) is 3. The average Bonchev–Trinajstić information content (AvgIpc) is 2.67. The van der Waals surface area contributed by atoms with E-state index in [-0.39, 0.29) is 24.2 Å². The van der Waals surface area contributed by atoms with Crippen LogP contribution in [0.2, 0.25) is 0 Å². The van der Waals surface area contributed by atoms with Crippen molar-refractivity contribution in [2.75, 3.05) is 0 Å². The molecule has 0 bridgehead atoms. The van der Waals surface area contributed by atoms with Gasteiger partial charge in [0.15, 0.2) is 28.9 Å². The molecule has 1 amide bonds. The van der Waals surface area contributed by atoms with E-state index in [0.29, 0.717) is 22.3 Å². The Kier molecular flexibility index (Phi) is 4.77. The SMILES string of the molecule is CC1=C2C=CC(C(C)(C)C)=C(O)C2C(=O)C2=C1C[C@H]1CC(=O)C(C(N)=O)C(=O)[C@@]1(O)C2O. The van der Waals surface area contributed by atoms with Crippen LogP contribution in [0.4, 0.5) is 0 Å². The third-order valence-corrected chi connectivity index (χ3v) is 7.31. The van der Waals surface area contributed by atoms with Crippen molar-refractivity contribution in [3.8, 4) is 0 Å². The van der Waals surface area contributed by atoms with E-state index in [1.54, 1.807) is 19.1 Å². The van der Waals surface area contributed by atoms with Crippen molar-refractivity contribution >= 4 is 23.3 Å². The van der Waals surface area contributed by atoms with Crippen molar-refractivity contribution in [2.24, 2.45) is 28.9 Å². The zero-order valence-corrected chi connectivity index (χ0v) is 18.4. The number of aliphatic hydroxyl groups excluding tert-OH is 2. The molecule has 32 heavy (non-hydrogen) atoms. The predicted octanol–water partition coefficient (Wildman–Crippen LogP) is 0.982. The molecule has 8 nitrogen and oxygen atoms in total. The van der Waals surface area contributed by atoms with E-state index in [0.717, 1.165) is 0 Å². The molecular formula is C24H27NO7. The summed E-state index contributed by atoms with van der Waals surface area (Å²) in [5.41, 5.74) is 4.38. The predicted molar refractivity (Wildman–Crippen MR) is 113 cm³/mol. The molecule has 170 valence electrons. The van der Waals surface area contributed by atoms with Crippen LogP contribution in [-0.4, -0.2) is 50.3 Å². The zero-order valence-electron chi connectivity index (χ0n) is 18.4. The first-order chi connectivity index (χ1) is 14.7. The lowest BCUT2D eigenvalue weighted by atomic mass is 9.56. The molecule has 1 saturated carbocycles. The molecule has 4 rings (SSSR count). The maximum absolute atomic E-state index is 13.6. The number of primary amides is 1. The van der Waals surface area contributed by atoms with Crippen LogP contribution >= 0.6 is 0 Å². The molecule has 0 aromatic rings. The first-order valence-electron chi connectivity index (χ1n) is 10.6. The number of carbonyl (C=O) groups excluding carboxylic acids is 4. The molecule has 0 aromatic heterocycles. The van der Waals surface area contributed by atoms with Crippen LogP contribution in [0.15, 0.2) is 45.8 Å². The molecule has 1 fully saturated rings. The maximum atomic E-state index is 13.6. The number of ketones is 3. The molecular weight excluding hydrogens is 414 g/mol. The van der Waals surface area contributed by atoms with Gasteiger partial charge in [-0.3, -0.25) is 19.2 Å². The van der Waals surface area contributed by atoms with E-state index < -0.39 is 58.1 Å². The Balaban J connectivity index is 1.87. The lowest BCUT2D eigenvalue weighted by molar-refractivity contribution is -0.175. The average molecular weight is 441 g/mol. The molecule has 5 N–H and O–H groups in total. The summed E-state index contributed by atoms with van der Waals surface area (Å²) in [6.07, 6.45) is 1.28. The largest absolute Gasteiger partial charge is 0.511 e. The van der Waals surface area contributed by atoms with Crippen LogP contribution in [-0.2, 0) is 19.2 Å². The Labute approximate surface area is 185 Å². The fourth-order valence-electron chi connectivity index (χ4n) is 5.58. The summed E-state index contributed by atoms with van der Waals surface area (Å²) in [4.78, 5) is 50.7. The van der Waals surface area contributed by atoms with E-state index in [1.807, 2.05) is 20.8 Å². The van der Waals surface area contributed by atoms with Gasteiger partial charge in [0.2, 0.25) is 5.91 Å². The second-order valence-corrected chi connectivity index (χ2v) is 10.2. The standard InChI is InChI=1S/C24H27NO7/c1-9-11-5-6-13(23(2,3)4)18(27)15(11)19(28)16-12(9)7-10-8-14(26)17(22(25)31)21(30)24(10,32)20(16)29/h5-6,10,15,17,20,27,29,32H,7-8H2,1-4H3,(H2,25,31)/t10-,15?,17?,20?,24-/m0/s1. The number of rotatable bonds is 1. The van der Waals surface area contributed by atoms with E-state index >= 15 is 0 Å². The van der Waals surface area contributed by atoms with Gasteiger partial charge < -0.3 is 21.1 Å². The van der Waals surface area contributed by atoms with Crippen LogP contribution in [0.1, 0.15) is 40.5 Å². The van der Waals surface area contributed by atoms with E-state index in [2.05, 4.69) is 0 Å². The normalized spacial score (nSPS) is 35.1. The molecule has 0 radical (unpaired) electrons. The Hall–Kier alpha value is -2.84. The molecule has 4 aliphatic rings. The molecule has 3 unspecified atom stereocenters. The van der Waals surface area contributed by atoms with Crippen molar-refractivity contribution in [1.29, 1.82) is 0 Å². The van der Waals surface area contributed by atoms with Crippen molar-refractivity contribution in [1.82, 2.24) is 0 Å². The third kappa shape index (κ3) is 2.75. The Morgan fingerprint density at radius 2 is 1.78 bits per heavy atom. The fourth-order valence-corrected chi connectivity index (χ4v) is 5.58. The number of hydrogen-bond acceptors (Lipinski definition) is 7. The van der Waals surface area contributed by atoms with Crippen molar-refractivity contribution in [2.45, 2.75) is 52.2 Å². The Morgan fingerprint density at radius 3 is 2.34 bits per heavy atom. The minimum Gasteiger partial charge on any atom is -0.511 e. The van der Waals surface area contributed by atoms with Gasteiger partial charge in [-0.2, -0.15) is 0 Å². The number of nitrogens with two attached hydrogens (primary N) is 1. The summed E-state index contributed by atoms with van der Waals surface area (Å²) in [5, 5.41) is 33.5. The molecule has 0 heterocycles. The minimum atomic E-state index is -2.49. The molecule has 0 spiro atoms. The van der Waals surface area contributed by atoms with Crippen LogP contribution in [0.3, 0.4) is 0 Å². The van der Waals surface area contributed by atoms with Crippen LogP contribution < -0.4 is 5.73 Å². The quantitative estimate of drug-likeness (QED) is 0.442. The Morgan fingerprint density at radius 1 is 1.16 bits per heavy atom. The van der Waals surface area contributed by atoms with Gasteiger partial charge in [-0.05, 0) is 41.1 Å². The van der Waals surface area contributed by atoms with Gasteiger partial charge in [0.05, 0.1) is 0 Å². The van der Waals surface area contributed by atoms with Crippen LogP contribution in [0, 0.1) is 23.2 Å². The lowest BCUT2D eigenvalue weighted by Gasteiger charge is -2.49. The Bertz CT molecular complexity index is 1110. The molecule has 8 heteroatoms. The highest BCUT2D eigenvalue weighted by Gasteiger charge is 2.63. The van der Waals surface area contributed by atoms with Crippen LogP contribution in [0.5, 0.6) is 0 Å².